The molecule has 1 amide bonds. The summed E-state index contributed by atoms with van der Waals surface area (Å²) < 4.78 is 5.71. The van der Waals surface area contributed by atoms with E-state index in [2.05, 4.69) is 22.5 Å². The lowest BCUT2D eigenvalue weighted by molar-refractivity contribution is -0.121. The number of oxazole rings is 1. The third-order valence-electron chi connectivity index (χ3n) is 4.23. The van der Waals surface area contributed by atoms with Crippen molar-refractivity contribution in [2.45, 2.75) is 45.2 Å². The van der Waals surface area contributed by atoms with Crippen molar-refractivity contribution in [2.24, 2.45) is 0 Å². The maximum absolute atomic E-state index is 12.3. The first-order chi connectivity index (χ1) is 11.1. The summed E-state index contributed by atoms with van der Waals surface area (Å²) in [4.78, 5) is 16.8. The first-order valence-electron chi connectivity index (χ1n) is 8.16. The van der Waals surface area contributed by atoms with Gasteiger partial charge >= 0.3 is 0 Å². The van der Waals surface area contributed by atoms with Gasteiger partial charge in [0.2, 0.25) is 11.8 Å². The third-order valence-corrected chi connectivity index (χ3v) is 4.23. The zero-order valence-electron chi connectivity index (χ0n) is 14.5. The van der Waals surface area contributed by atoms with Crippen molar-refractivity contribution in [1.29, 1.82) is 0 Å². The van der Waals surface area contributed by atoms with Crippen molar-refractivity contribution in [3.63, 3.8) is 0 Å². The molecule has 0 saturated carbocycles. The highest BCUT2D eigenvalue weighted by Gasteiger charge is 2.21. The molecular formula is C18H25Cl2N3O2. The Morgan fingerprint density at radius 3 is 2.72 bits per heavy atom. The smallest absolute Gasteiger partial charge is 0.226 e. The van der Waals surface area contributed by atoms with Crippen LogP contribution < -0.4 is 10.6 Å². The molecule has 1 saturated heterocycles. The second-order valence-corrected chi connectivity index (χ2v) is 6.21. The lowest BCUT2D eigenvalue weighted by Gasteiger charge is -2.28. The van der Waals surface area contributed by atoms with Crippen LogP contribution in [0.15, 0.2) is 34.7 Å². The molecule has 3 rings (SSSR count). The van der Waals surface area contributed by atoms with Crippen molar-refractivity contribution in [3.8, 4) is 11.5 Å². The number of hydrogen-bond acceptors (Lipinski definition) is 4. The van der Waals surface area contributed by atoms with Crippen LogP contribution in [0.2, 0.25) is 0 Å². The Morgan fingerprint density at radius 1 is 1.32 bits per heavy atom. The Bertz CT molecular complexity index is 676. The highest BCUT2D eigenvalue weighted by Crippen LogP contribution is 2.21. The topological polar surface area (TPSA) is 67.2 Å². The van der Waals surface area contributed by atoms with E-state index in [1.165, 1.54) is 0 Å². The van der Waals surface area contributed by atoms with Gasteiger partial charge in [-0.2, -0.15) is 0 Å². The monoisotopic (exact) mass is 385 g/mol. The molecule has 1 fully saturated rings. The average Bonchev–Trinajstić information content (AvgIpc) is 2.89. The minimum Gasteiger partial charge on any atom is -0.441 e. The van der Waals surface area contributed by atoms with Crippen molar-refractivity contribution < 1.29 is 9.21 Å². The van der Waals surface area contributed by atoms with Crippen LogP contribution in [0.25, 0.3) is 11.5 Å². The fourth-order valence-electron chi connectivity index (χ4n) is 2.99. The van der Waals surface area contributed by atoms with Crippen LogP contribution in [0.1, 0.15) is 31.2 Å². The second kappa shape index (κ2) is 9.80. The van der Waals surface area contributed by atoms with Gasteiger partial charge < -0.3 is 15.1 Å². The van der Waals surface area contributed by atoms with Gasteiger partial charge in [0, 0.05) is 17.6 Å². The Kier molecular flexibility index (Phi) is 8.42. The van der Waals surface area contributed by atoms with Crippen LogP contribution in [-0.4, -0.2) is 29.5 Å². The molecule has 1 aliphatic heterocycles. The van der Waals surface area contributed by atoms with E-state index in [1.807, 2.05) is 37.3 Å². The number of amides is 1. The Hall–Kier alpha value is -1.56. The first-order valence-corrected chi connectivity index (χ1v) is 8.16. The minimum atomic E-state index is 0. The number of halogens is 2. The van der Waals surface area contributed by atoms with E-state index in [0.29, 0.717) is 23.4 Å². The standard InChI is InChI=1S/C18H23N3O2.2ClH/c1-12-10-15(8-9-19-12)20-17(22)11-16-13(2)23-18(21-16)14-6-4-3-5-7-14;;/h3-7,12,15,19H,8-11H2,1-2H3,(H,20,22);2*1H. The lowest BCUT2D eigenvalue weighted by atomic mass is 10.0. The Morgan fingerprint density at radius 2 is 2.04 bits per heavy atom. The molecule has 1 aliphatic rings. The molecule has 2 heterocycles. The number of aryl methyl sites for hydroxylation is 1. The summed E-state index contributed by atoms with van der Waals surface area (Å²) in [7, 11) is 0. The molecule has 0 aliphatic carbocycles. The minimum absolute atomic E-state index is 0. The van der Waals surface area contributed by atoms with Gasteiger partial charge in [0.1, 0.15) is 5.76 Å². The van der Waals surface area contributed by atoms with Gasteiger partial charge in [-0.1, -0.05) is 18.2 Å². The molecule has 5 nitrogen and oxygen atoms in total. The molecule has 138 valence electrons. The van der Waals surface area contributed by atoms with Gasteiger partial charge in [0.05, 0.1) is 12.1 Å². The number of carbonyl (C=O) groups is 1. The first kappa shape index (κ1) is 21.5. The third kappa shape index (κ3) is 5.73. The second-order valence-electron chi connectivity index (χ2n) is 6.21. The predicted octanol–water partition coefficient (Wildman–Crippen LogP) is 3.29. The molecule has 1 aromatic heterocycles. The molecular weight excluding hydrogens is 361 g/mol. The number of carbonyl (C=O) groups excluding carboxylic acids is 1. The SMILES string of the molecule is Cc1oc(-c2ccccc2)nc1CC(=O)NC1CCNC(C)C1.Cl.Cl. The van der Waals surface area contributed by atoms with Crippen LogP contribution in [0.4, 0.5) is 0 Å². The van der Waals surface area contributed by atoms with E-state index in [4.69, 9.17) is 4.42 Å². The highest BCUT2D eigenvalue weighted by molar-refractivity contribution is 5.85. The van der Waals surface area contributed by atoms with Crippen LogP contribution in [0.5, 0.6) is 0 Å². The van der Waals surface area contributed by atoms with Gasteiger partial charge in [0.15, 0.2) is 0 Å². The van der Waals surface area contributed by atoms with E-state index in [0.717, 1.165) is 24.9 Å². The van der Waals surface area contributed by atoms with Crippen molar-refractivity contribution in [1.82, 2.24) is 15.6 Å². The predicted molar refractivity (Wildman–Crippen MR) is 104 cm³/mol. The quantitative estimate of drug-likeness (QED) is 0.846. The number of hydrogen-bond donors (Lipinski definition) is 2. The summed E-state index contributed by atoms with van der Waals surface area (Å²) in [6.45, 7) is 4.95. The zero-order chi connectivity index (χ0) is 16.2. The van der Waals surface area contributed by atoms with Gasteiger partial charge in [-0.15, -0.1) is 24.8 Å². The van der Waals surface area contributed by atoms with E-state index in [9.17, 15) is 4.79 Å². The molecule has 0 bridgehead atoms. The molecule has 25 heavy (non-hydrogen) atoms. The molecule has 2 atom stereocenters. The van der Waals surface area contributed by atoms with Crippen molar-refractivity contribution in [3.05, 3.63) is 41.8 Å². The van der Waals surface area contributed by atoms with E-state index in [-0.39, 0.29) is 43.2 Å². The molecule has 0 radical (unpaired) electrons. The van der Waals surface area contributed by atoms with Crippen LogP contribution in [-0.2, 0) is 11.2 Å². The number of aromatic nitrogens is 1. The molecule has 2 N–H and O–H groups in total. The molecule has 2 unspecified atom stereocenters. The summed E-state index contributed by atoms with van der Waals surface area (Å²) in [6.07, 6.45) is 2.21. The molecule has 1 aromatic carbocycles. The summed E-state index contributed by atoms with van der Waals surface area (Å²) in [5, 5.41) is 6.50. The summed E-state index contributed by atoms with van der Waals surface area (Å²) in [6, 6.07) is 10.4. The Balaban J connectivity index is 0.00000156. The van der Waals surface area contributed by atoms with Gasteiger partial charge in [0.25, 0.3) is 0 Å². The van der Waals surface area contributed by atoms with E-state index >= 15 is 0 Å². The molecule has 0 spiro atoms. The number of rotatable bonds is 4. The van der Waals surface area contributed by atoms with E-state index in [1.54, 1.807) is 0 Å². The normalized spacial score (nSPS) is 19.4. The largest absolute Gasteiger partial charge is 0.441 e. The fourth-order valence-corrected chi connectivity index (χ4v) is 2.99. The van der Waals surface area contributed by atoms with Crippen LogP contribution >= 0.6 is 24.8 Å². The summed E-state index contributed by atoms with van der Waals surface area (Å²) in [5.41, 5.74) is 1.64. The highest BCUT2D eigenvalue weighted by atomic mass is 35.5. The lowest BCUT2D eigenvalue weighted by Crippen LogP contribution is -2.47. The molecule has 7 heteroatoms. The fraction of sp³-hybridized carbons (Fsp3) is 0.444. The number of nitrogens with zero attached hydrogens (tertiary/aromatic N) is 1. The summed E-state index contributed by atoms with van der Waals surface area (Å²) in [5.74, 6) is 1.29. The zero-order valence-corrected chi connectivity index (χ0v) is 16.1. The summed E-state index contributed by atoms with van der Waals surface area (Å²) >= 11 is 0. The number of nitrogens with one attached hydrogen (secondary N) is 2. The maximum Gasteiger partial charge on any atom is 0.226 e. The van der Waals surface area contributed by atoms with Crippen LogP contribution in [0, 0.1) is 6.92 Å². The van der Waals surface area contributed by atoms with Gasteiger partial charge in [-0.25, -0.2) is 4.98 Å². The molecule has 2 aromatic rings. The van der Waals surface area contributed by atoms with Crippen molar-refractivity contribution in [2.75, 3.05) is 6.54 Å². The number of piperidine rings is 1. The average molecular weight is 386 g/mol. The van der Waals surface area contributed by atoms with Crippen LogP contribution in [0.3, 0.4) is 0 Å². The van der Waals surface area contributed by atoms with E-state index < -0.39 is 0 Å². The maximum atomic E-state index is 12.3. The Labute approximate surface area is 160 Å². The van der Waals surface area contributed by atoms with Gasteiger partial charge in [-0.3, -0.25) is 4.79 Å². The van der Waals surface area contributed by atoms with Gasteiger partial charge in [-0.05, 0) is 45.4 Å². The number of benzene rings is 1. The van der Waals surface area contributed by atoms with Crippen molar-refractivity contribution >= 4 is 30.7 Å².